The number of carbonyl (C=O) groups is 2. The summed E-state index contributed by atoms with van der Waals surface area (Å²) in [6.07, 6.45) is -4.31. The van der Waals surface area contributed by atoms with E-state index in [1.807, 2.05) is 30.3 Å². The summed E-state index contributed by atoms with van der Waals surface area (Å²) < 4.78 is 44.2. The van der Waals surface area contributed by atoms with Crippen LogP contribution in [0.15, 0.2) is 54.6 Å². The zero-order valence-corrected chi connectivity index (χ0v) is 19.7. The molecule has 1 saturated heterocycles. The Balaban J connectivity index is 1.49. The van der Waals surface area contributed by atoms with Gasteiger partial charge in [0.15, 0.2) is 0 Å². The maximum Gasteiger partial charge on any atom is 0.416 e. The van der Waals surface area contributed by atoms with Gasteiger partial charge in [-0.25, -0.2) is 4.79 Å². The van der Waals surface area contributed by atoms with Gasteiger partial charge in [0.05, 0.1) is 24.8 Å². The number of hydrogen-bond acceptors (Lipinski definition) is 4. The number of amides is 3. The second kappa shape index (κ2) is 12.6. The molecule has 1 aliphatic heterocycles. The van der Waals surface area contributed by atoms with E-state index in [2.05, 4.69) is 15.5 Å². The van der Waals surface area contributed by atoms with Gasteiger partial charge in [0.25, 0.3) is 0 Å². The van der Waals surface area contributed by atoms with Gasteiger partial charge in [-0.2, -0.15) is 13.2 Å². The maximum absolute atomic E-state index is 12.9. The molecule has 1 atom stereocenters. The second-order valence-corrected chi connectivity index (χ2v) is 8.41. The number of rotatable bonds is 9. The minimum absolute atomic E-state index is 0.0910. The molecule has 2 aromatic rings. The van der Waals surface area contributed by atoms with E-state index in [1.165, 1.54) is 17.0 Å². The van der Waals surface area contributed by atoms with Gasteiger partial charge in [-0.15, -0.1) is 0 Å². The summed E-state index contributed by atoms with van der Waals surface area (Å²) in [7, 11) is 1.68. The Morgan fingerprint density at radius 1 is 1.03 bits per heavy atom. The summed E-state index contributed by atoms with van der Waals surface area (Å²) in [5.74, 6) is -0.249. The Morgan fingerprint density at radius 3 is 2.31 bits per heavy atom. The highest BCUT2D eigenvalue weighted by atomic mass is 19.4. The molecule has 1 aliphatic rings. The molecule has 3 rings (SSSR count). The van der Waals surface area contributed by atoms with E-state index in [1.54, 1.807) is 7.05 Å². The predicted molar refractivity (Wildman–Crippen MR) is 126 cm³/mol. The van der Waals surface area contributed by atoms with Crippen LogP contribution in [-0.2, 0) is 22.3 Å². The van der Waals surface area contributed by atoms with Crippen molar-refractivity contribution < 1.29 is 27.5 Å². The van der Waals surface area contributed by atoms with E-state index in [0.717, 1.165) is 17.7 Å². The molecule has 0 radical (unpaired) electrons. The average Bonchev–Trinajstić information content (AvgIpc) is 2.85. The van der Waals surface area contributed by atoms with Crippen molar-refractivity contribution in [2.75, 3.05) is 46.4 Å². The van der Waals surface area contributed by atoms with Crippen molar-refractivity contribution in [1.82, 2.24) is 20.4 Å². The minimum atomic E-state index is -4.40. The van der Waals surface area contributed by atoms with Crippen LogP contribution in [0.1, 0.15) is 29.2 Å². The Kier molecular flexibility index (Phi) is 9.50. The summed E-state index contributed by atoms with van der Waals surface area (Å²) in [4.78, 5) is 28.3. The number of urea groups is 1. The molecule has 0 saturated carbocycles. The van der Waals surface area contributed by atoms with Gasteiger partial charge in [0, 0.05) is 46.2 Å². The quantitative estimate of drug-likeness (QED) is 0.563. The minimum Gasteiger partial charge on any atom is -0.379 e. The maximum atomic E-state index is 12.9. The molecule has 0 spiro atoms. The molecule has 1 unspecified atom stereocenters. The van der Waals surface area contributed by atoms with Crippen molar-refractivity contribution in [2.45, 2.75) is 25.2 Å². The molecule has 190 valence electrons. The Hall–Kier alpha value is -3.11. The van der Waals surface area contributed by atoms with Crippen LogP contribution < -0.4 is 10.6 Å². The number of nitrogens with zero attached hydrogens (tertiary/aromatic N) is 2. The van der Waals surface area contributed by atoms with Crippen molar-refractivity contribution in [3.8, 4) is 0 Å². The molecule has 1 fully saturated rings. The van der Waals surface area contributed by atoms with E-state index in [9.17, 15) is 22.8 Å². The van der Waals surface area contributed by atoms with E-state index in [0.29, 0.717) is 38.4 Å². The molecule has 7 nitrogen and oxygen atoms in total. The summed E-state index contributed by atoms with van der Waals surface area (Å²) in [5.41, 5.74) is 0.982. The Morgan fingerprint density at radius 2 is 1.69 bits per heavy atom. The van der Waals surface area contributed by atoms with Crippen LogP contribution in [0.25, 0.3) is 0 Å². The smallest absolute Gasteiger partial charge is 0.379 e. The monoisotopic (exact) mass is 492 g/mol. The van der Waals surface area contributed by atoms with Crippen molar-refractivity contribution >= 4 is 11.9 Å². The van der Waals surface area contributed by atoms with Crippen LogP contribution in [0.5, 0.6) is 0 Å². The lowest BCUT2D eigenvalue weighted by atomic mass is 10.0. The summed E-state index contributed by atoms with van der Waals surface area (Å²) in [5, 5.41) is 5.59. The molecular formula is C25H31F3N4O3. The summed E-state index contributed by atoms with van der Waals surface area (Å²) in [6.45, 7) is 3.14. The van der Waals surface area contributed by atoms with Crippen LogP contribution >= 0.6 is 0 Å². The molecule has 0 bridgehead atoms. The van der Waals surface area contributed by atoms with Crippen molar-refractivity contribution in [2.24, 2.45) is 0 Å². The highest BCUT2D eigenvalue weighted by Gasteiger charge is 2.31. The number of hydrogen-bond donors (Lipinski definition) is 2. The number of halogens is 3. The number of morpholine rings is 1. The van der Waals surface area contributed by atoms with Gasteiger partial charge < -0.3 is 20.3 Å². The SMILES string of the molecule is CN(Cc1ccccc1)C(=O)NCCC(=O)NCC(c1ccc(C(F)(F)F)cc1)N1CCOCC1. The van der Waals surface area contributed by atoms with Gasteiger partial charge in [-0.3, -0.25) is 9.69 Å². The fraction of sp³-hybridized carbons (Fsp3) is 0.440. The third-order valence-corrected chi connectivity index (χ3v) is 5.84. The number of benzene rings is 2. The van der Waals surface area contributed by atoms with Crippen LogP contribution in [0.2, 0.25) is 0 Å². The van der Waals surface area contributed by atoms with Gasteiger partial charge in [0.2, 0.25) is 5.91 Å². The van der Waals surface area contributed by atoms with Gasteiger partial charge >= 0.3 is 12.2 Å². The highest BCUT2D eigenvalue weighted by molar-refractivity contribution is 5.78. The average molecular weight is 493 g/mol. The van der Waals surface area contributed by atoms with E-state index < -0.39 is 11.7 Å². The molecule has 0 aromatic heterocycles. The van der Waals surface area contributed by atoms with E-state index >= 15 is 0 Å². The zero-order chi connectivity index (χ0) is 25.3. The molecule has 0 aliphatic carbocycles. The molecule has 2 N–H and O–H groups in total. The molecule has 2 aromatic carbocycles. The number of alkyl halides is 3. The first-order chi connectivity index (χ1) is 16.7. The zero-order valence-electron chi connectivity index (χ0n) is 19.7. The van der Waals surface area contributed by atoms with Crippen LogP contribution in [-0.4, -0.2) is 68.2 Å². The fourth-order valence-corrected chi connectivity index (χ4v) is 3.89. The topological polar surface area (TPSA) is 73.9 Å². The number of carbonyl (C=O) groups excluding carboxylic acids is 2. The fourth-order valence-electron chi connectivity index (χ4n) is 3.89. The lowest BCUT2D eigenvalue weighted by Gasteiger charge is -2.35. The molecule has 10 heteroatoms. The highest BCUT2D eigenvalue weighted by Crippen LogP contribution is 2.31. The third kappa shape index (κ3) is 8.25. The molecule has 35 heavy (non-hydrogen) atoms. The summed E-state index contributed by atoms with van der Waals surface area (Å²) >= 11 is 0. The van der Waals surface area contributed by atoms with E-state index in [4.69, 9.17) is 4.74 Å². The standard InChI is InChI=1S/C25H31F3N4O3/c1-31(18-19-5-3-2-4-6-19)24(34)29-12-11-23(33)30-17-22(32-13-15-35-16-14-32)20-7-9-21(10-8-20)25(26,27)28/h2-10,22H,11-18H2,1H3,(H,29,34)(H,30,33). The van der Waals surface area contributed by atoms with Crippen LogP contribution in [0, 0.1) is 0 Å². The number of ether oxygens (including phenoxy) is 1. The third-order valence-electron chi connectivity index (χ3n) is 5.84. The van der Waals surface area contributed by atoms with Crippen molar-refractivity contribution in [3.63, 3.8) is 0 Å². The Bertz CT molecular complexity index is 949. The first-order valence-electron chi connectivity index (χ1n) is 11.5. The lowest BCUT2D eigenvalue weighted by Crippen LogP contribution is -2.44. The van der Waals surface area contributed by atoms with E-state index in [-0.39, 0.29) is 37.5 Å². The predicted octanol–water partition coefficient (Wildman–Crippen LogP) is 3.43. The first kappa shape index (κ1) is 26.5. The normalized spacial score (nSPS) is 15.3. The first-order valence-corrected chi connectivity index (χ1v) is 11.5. The lowest BCUT2D eigenvalue weighted by molar-refractivity contribution is -0.137. The molecule has 1 heterocycles. The summed E-state index contributed by atoms with van der Waals surface area (Å²) in [6, 6.07) is 14.0. The van der Waals surface area contributed by atoms with Gasteiger partial charge in [-0.1, -0.05) is 42.5 Å². The molecular weight excluding hydrogens is 461 g/mol. The van der Waals surface area contributed by atoms with Gasteiger partial charge in [0.1, 0.15) is 0 Å². The van der Waals surface area contributed by atoms with Crippen LogP contribution in [0.4, 0.5) is 18.0 Å². The molecule has 3 amide bonds. The van der Waals surface area contributed by atoms with Gasteiger partial charge in [-0.05, 0) is 23.3 Å². The van der Waals surface area contributed by atoms with Crippen molar-refractivity contribution in [3.05, 3.63) is 71.3 Å². The van der Waals surface area contributed by atoms with Crippen LogP contribution in [0.3, 0.4) is 0 Å². The number of nitrogens with one attached hydrogen (secondary N) is 2. The van der Waals surface area contributed by atoms with Crippen molar-refractivity contribution in [1.29, 1.82) is 0 Å². The second-order valence-electron chi connectivity index (χ2n) is 8.41. The largest absolute Gasteiger partial charge is 0.416 e. The Labute approximate surface area is 203 Å².